The first-order valence-electron chi connectivity index (χ1n) is 6.06. The first kappa shape index (κ1) is 11.8. The third-order valence-electron chi connectivity index (χ3n) is 4.47. The second kappa shape index (κ2) is 3.68. The highest BCUT2D eigenvalue weighted by atomic mass is 31.0. The molecule has 2 aliphatic rings. The highest BCUT2D eigenvalue weighted by molar-refractivity contribution is 7.19. The smallest absolute Gasteiger partial charge is 0.125 e. The van der Waals surface area contributed by atoms with E-state index in [4.69, 9.17) is 4.74 Å². The van der Waals surface area contributed by atoms with Crippen LogP contribution in [0, 0.1) is 11.8 Å². The van der Waals surface area contributed by atoms with Crippen molar-refractivity contribution in [3.05, 3.63) is 0 Å². The van der Waals surface area contributed by atoms with Gasteiger partial charge in [0.15, 0.2) is 0 Å². The third kappa shape index (κ3) is 1.85. The number of hydrogen-bond acceptors (Lipinski definition) is 2. The molecule has 5 unspecified atom stereocenters. The lowest BCUT2D eigenvalue weighted by atomic mass is 9.80. The minimum Gasteiger partial charge on any atom is -0.390 e. The van der Waals surface area contributed by atoms with Gasteiger partial charge in [0.1, 0.15) is 10.9 Å². The van der Waals surface area contributed by atoms with Crippen molar-refractivity contribution in [3.63, 3.8) is 0 Å². The van der Waals surface area contributed by atoms with Gasteiger partial charge < -0.3 is 9.84 Å². The molecule has 0 aromatic heterocycles. The number of ether oxygens (including phenoxy) is 1. The summed E-state index contributed by atoms with van der Waals surface area (Å²) >= 11 is 0. The molecule has 0 aromatic rings. The standard InChI is InChI=1S/C12H23O2P/c1-8(2)9-4-5-10(13)11(3)12(15,14-11)7-6-9/h8-10,13H,4-7,15H2,1-3H3. The lowest BCUT2D eigenvalue weighted by molar-refractivity contribution is 0.0680. The molecule has 2 nitrogen and oxygen atoms in total. The van der Waals surface area contributed by atoms with Gasteiger partial charge in [0, 0.05) is 0 Å². The van der Waals surface area contributed by atoms with Gasteiger partial charge in [-0.1, -0.05) is 23.1 Å². The Morgan fingerprint density at radius 3 is 2.60 bits per heavy atom. The van der Waals surface area contributed by atoms with Crippen molar-refractivity contribution < 1.29 is 9.84 Å². The molecule has 15 heavy (non-hydrogen) atoms. The van der Waals surface area contributed by atoms with Crippen LogP contribution in [0.5, 0.6) is 0 Å². The maximum Gasteiger partial charge on any atom is 0.125 e. The van der Waals surface area contributed by atoms with Crippen molar-refractivity contribution in [1.29, 1.82) is 0 Å². The topological polar surface area (TPSA) is 32.8 Å². The van der Waals surface area contributed by atoms with Gasteiger partial charge in [-0.3, -0.25) is 0 Å². The Balaban J connectivity index is 2.06. The lowest BCUT2D eigenvalue weighted by Crippen LogP contribution is -2.35. The molecule has 5 atom stereocenters. The Morgan fingerprint density at radius 1 is 1.33 bits per heavy atom. The molecule has 1 N–H and O–H groups in total. The van der Waals surface area contributed by atoms with Gasteiger partial charge in [0.25, 0.3) is 0 Å². The first-order valence-corrected chi connectivity index (χ1v) is 6.64. The van der Waals surface area contributed by atoms with Crippen molar-refractivity contribution in [2.75, 3.05) is 0 Å². The van der Waals surface area contributed by atoms with E-state index in [9.17, 15) is 5.11 Å². The average Bonchev–Trinajstić information content (AvgIpc) is 2.67. The Morgan fingerprint density at radius 2 is 2.00 bits per heavy atom. The number of fused-ring (bicyclic) bond motifs is 1. The summed E-state index contributed by atoms with van der Waals surface area (Å²) in [5.41, 5.74) is -0.292. The predicted molar refractivity (Wildman–Crippen MR) is 64.7 cm³/mol. The minimum absolute atomic E-state index is 0.139. The summed E-state index contributed by atoms with van der Waals surface area (Å²) in [6.45, 7) is 6.60. The quantitative estimate of drug-likeness (QED) is 0.554. The monoisotopic (exact) mass is 230 g/mol. The van der Waals surface area contributed by atoms with Crippen LogP contribution in [0.1, 0.15) is 46.5 Å². The number of rotatable bonds is 1. The summed E-state index contributed by atoms with van der Waals surface area (Å²) in [4.78, 5) is 0. The van der Waals surface area contributed by atoms with Crippen molar-refractivity contribution in [2.45, 2.75) is 63.5 Å². The van der Waals surface area contributed by atoms with E-state index in [2.05, 4.69) is 23.1 Å². The van der Waals surface area contributed by atoms with Crippen molar-refractivity contribution in [2.24, 2.45) is 11.8 Å². The van der Waals surface area contributed by atoms with Gasteiger partial charge >= 0.3 is 0 Å². The van der Waals surface area contributed by atoms with Crippen LogP contribution in [0.25, 0.3) is 0 Å². The Kier molecular flexibility index (Phi) is 2.90. The van der Waals surface area contributed by atoms with E-state index in [1.165, 1.54) is 6.42 Å². The molecule has 1 aliphatic heterocycles. The van der Waals surface area contributed by atoms with Gasteiger partial charge in [-0.05, 0) is 44.4 Å². The zero-order valence-electron chi connectivity index (χ0n) is 9.99. The zero-order valence-corrected chi connectivity index (χ0v) is 11.1. The molecule has 1 heterocycles. The Bertz CT molecular complexity index is 256. The number of aliphatic hydroxyl groups is 1. The maximum absolute atomic E-state index is 10.1. The lowest BCUT2D eigenvalue weighted by Gasteiger charge is -2.28. The number of aliphatic hydroxyl groups excluding tert-OH is 1. The van der Waals surface area contributed by atoms with Crippen LogP contribution >= 0.6 is 9.24 Å². The third-order valence-corrected chi connectivity index (χ3v) is 5.45. The van der Waals surface area contributed by atoms with Gasteiger partial charge in [0.05, 0.1) is 6.10 Å². The summed E-state index contributed by atoms with van der Waals surface area (Å²) < 4.78 is 5.77. The second-order valence-electron chi connectivity index (χ2n) is 5.73. The fraction of sp³-hybridized carbons (Fsp3) is 1.00. The van der Waals surface area contributed by atoms with E-state index in [1.807, 2.05) is 6.92 Å². The summed E-state index contributed by atoms with van der Waals surface area (Å²) in [6.07, 6.45) is 4.02. The second-order valence-corrected chi connectivity index (χ2v) is 6.67. The Hall–Kier alpha value is 0.350. The summed E-state index contributed by atoms with van der Waals surface area (Å²) in [7, 11) is 2.81. The molecule has 0 spiro atoms. The SMILES string of the molecule is CC(C)C1CCC(O)C2(C)OC2(P)CC1. The van der Waals surface area contributed by atoms with Crippen LogP contribution in [0.15, 0.2) is 0 Å². The van der Waals surface area contributed by atoms with Crippen LogP contribution < -0.4 is 0 Å². The molecular weight excluding hydrogens is 207 g/mol. The highest BCUT2D eigenvalue weighted by Crippen LogP contribution is 2.60. The average molecular weight is 230 g/mol. The van der Waals surface area contributed by atoms with Gasteiger partial charge in [-0.25, -0.2) is 0 Å². The van der Waals surface area contributed by atoms with E-state index in [-0.39, 0.29) is 17.0 Å². The molecule has 0 radical (unpaired) electrons. The van der Waals surface area contributed by atoms with Crippen LogP contribution in [-0.2, 0) is 4.74 Å². The zero-order chi connectivity index (χ0) is 11.3. The summed E-state index contributed by atoms with van der Waals surface area (Å²) in [5, 5.41) is 9.97. The molecule has 88 valence electrons. The number of hydrogen-bond donors (Lipinski definition) is 1. The normalized spacial score (nSPS) is 50.8. The van der Waals surface area contributed by atoms with Crippen molar-refractivity contribution in [1.82, 2.24) is 0 Å². The van der Waals surface area contributed by atoms with Crippen molar-refractivity contribution in [3.8, 4) is 0 Å². The fourth-order valence-corrected chi connectivity index (χ4v) is 3.46. The van der Waals surface area contributed by atoms with E-state index >= 15 is 0 Å². The first-order chi connectivity index (χ1) is 6.89. The van der Waals surface area contributed by atoms with E-state index in [0.29, 0.717) is 5.92 Å². The fourth-order valence-electron chi connectivity index (χ4n) is 2.86. The van der Waals surface area contributed by atoms with Crippen LogP contribution in [-0.4, -0.2) is 22.2 Å². The minimum atomic E-state index is -0.295. The molecule has 0 aromatic carbocycles. The molecule has 1 saturated carbocycles. The highest BCUT2D eigenvalue weighted by Gasteiger charge is 2.67. The predicted octanol–water partition coefficient (Wildman–Crippen LogP) is 2.55. The summed E-state index contributed by atoms with van der Waals surface area (Å²) in [5.74, 6) is 1.46. The number of epoxide rings is 1. The molecule has 3 heteroatoms. The largest absolute Gasteiger partial charge is 0.390 e. The van der Waals surface area contributed by atoms with E-state index in [0.717, 1.165) is 25.2 Å². The van der Waals surface area contributed by atoms with Gasteiger partial charge in [-0.2, -0.15) is 0 Å². The molecule has 2 fully saturated rings. The van der Waals surface area contributed by atoms with Crippen molar-refractivity contribution >= 4 is 9.24 Å². The van der Waals surface area contributed by atoms with Gasteiger partial charge in [0.2, 0.25) is 0 Å². The summed E-state index contributed by atoms with van der Waals surface area (Å²) in [6, 6.07) is 0. The van der Waals surface area contributed by atoms with Crippen LogP contribution in [0.3, 0.4) is 0 Å². The molecule has 1 saturated heterocycles. The Labute approximate surface area is 95.0 Å². The molecule has 0 amide bonds. The molecular formula is C12H23O2P. The molecule has 1 aliphatic carbocycles. The van der Waals surface area contributed by atoms with E-state index in [1.54, 1.807) is 0 Å². The van der Waals surface area contributed by atoms with Crippen LogP contribution in [0.4, 0.5) is 0 Å². The maximum atomic E-state index is 10.1. The van der Waals surface area contributed by atoms with Gasteiger partial charge in [-0.15, -0.1) is 0 Å². The molecule has 2 rings (SSSR count). The molecule has 0 bridgehead atoms. The van der Waals surface area contributed by atoms with Crippen LogP contribution in [0.2, 0.25) is 0 Å². The van der Waals surface area contributed by atoms with E-state index < -0.39 is 0 Å².